The Morgan fingerprint density at radius 2 is 0.725 bits per heavy atom. The normalized spacial score (nSPS) is 10.5. The molecule has 0 heterocycles. The highest BCUT2D eigenvalue weighted by molar-refractivity contribution is 6.31. The van der Waals surface area contributed by atoms with Gasteiger partial charge in [0, 0.05) is 10.0 Å². The summed E-state index contributed by atoms with van der Waals surface area (Å²) in [5.74, 6) is 3.12. The molecule has 0 aliphatic heterocycles. The van der Waals surface area contributed by atoms with Crippen LogP contribution in [0.4, 0.5) is 0 Å². The highest BCUT2D eigenvalue weighted by Gasteiger charge is 2.02. The van der Waals surface area contributed by atoms with Crippen LogP contribution in [0.2, 0.25) is 10.0 Å². The summed E-state index contributed by atoms with van der Waals surface area (Å²) in [4.78, 5) is 0. The van der Waals surface area contributed by atoms with Crippen molar-refractivity contribution in [2.45, 2.75) is 127 Å². The lowest BCUT2D eigenvalue weighted by atomic mass is 10.0. The minimum absolute atomic E-state index is 0.563. The van der Waals surface area contributed by atoms with Crippen LogP contribution in [0.25, 0.3) is 0 Å². The van der Waals surface area contributed by atoms with Crippen LogP contribution in [0.5, 0.6) is 0 Å². The summed E-state index contributed by atoms with van der Waals surface area (Å²) in [7, 11) is 0. The van der Waals surface area contributed by atoms with Crippen molar-refractivity contribution in [1.82, 2.24) is 0 Å². The van der Waals surface area contributed by atoms with E-state index in [1.54, 1.807) is 0 Å². The molecule has 0 spiro atoms. The lowest BCUT2D eigenvalue weighted by Gasteiger charge is -2.06. The Kier molecular flexibility index (Phi) is 21.5. The van der Waals surface area contributed by atoms with Gasteiger partial charge in [-0.1, -0.05) is 207 Å². The first-order chi connectivity index (χ1) is 23.9. The SMILES string of the molecule is CC(C)c1ccccc1.Cc1cc(C(C)C)ccc1Cl.Cc1ccc(C(C)C)cc1.Cc1ccc(C(C)C)cc1Cl.Cc1cccc(C(C)C)c1. The van der Waals surface area contributed by atoms with Gasteiger partial charge in [-0.2, -0.15) is 0 Å². The highest BCUT2D eigenvalue weighted by Crippen LogP contribution is 2.23. The Labute approximate surface area is 323 Å². The molecule has 2 heteroatoms. The number of aryl methyl sites for hydroxylation is 4. The second-order valence-corrected chi connectivity index (χ2v) is 15.8. The van der Waals surface area contributed by atoms with Gasteiger partial charge in [0.15, 0.2) is 0 Å². The summed E-state index contributed by atoms with van der Waals surface area (Å²) in [6.07, 6.45) is 0. The summed E-state index contributed by atoms with van der Waals surface area (Å²) in [5, 5.41) is 1.73. The van der Waals surface area contributed by atoms with E-state index in [-0.39, 0.29) is 0 Å². The first-order valence-electron chi connectivity index (χ1n) is 18.6. The molecule has 0 atom stereocenters. The van der Waals surface area contributed by atoms with Crippen LogP contribution >= 0.6 is 23.2 Å². The maximum Gasteiger partial charge on any atom is 0.0438 e. The van der Waals surface area contributed by atoms with E-state index in [1.165, 1.54) is 38.9 Å². The van der Waals surface area contributed by atoms with Crippen LogP contribution in [0, 0.1) is 27.7 Å². The van der Waals surface area contributed by atoms with E-state index < -0.39 is 0 Å². The number of hydrogen-bond donors (Lipinski definition) is 0. The van der Waals surface area contributed by atoms with E-state index >= 15 is 0 Å². The van der Waals surface area contributed by atoms with Crippen molar-refractivity contribution in [3.63, 3.8) is 0 Å². The summed E-state index contributed by atoms with van der Waals surface area (Å²) in [6.45, 7) is 30.3. The van der Waals surface area contributed by atoms with Crippen molar-refractivity contribution in [2.24, 2.45) is 0 Å². The molecule has 0 radical (unpaired) electrons. The Morgan fingerprint density at radius 1 is 0.314 bits per heavy atom. The van der Waals surface area contributed by atoms with Crippen molar-refractivity contribution in [3.05, 3.63) is 175 Å². The summed E-state index contributed by atoms with van der Waals surface area (Å²) < 4.78 is 0. The van der Waals surface area contributed by atoms with Crippen LogP contribution < -0.4 is 0 Å². The molecule has 0 N–H and O–H groups in total. The molecular weight excluding hydrogens is 659 g/mol. The molecule has 0 unspecified atom stereocenters. The van der Waals surface area contributed by atoms with Crippen molar-refractivity contribution >= 4 is 23.2 Å². The smallest absolute Gasteiger partial charge is 0.0438 e. The molecule has 0 aliphatic carbocycles. The fourth-order valence-electron chi connectivity index (χ4n) is 4.81. The maximum atomic E-state index is 5.96. The molecule has 0 amide bonds. The zero-order valence-corrected chi connectivity index (χ0v) is 35.6. The second kappa shape index (κ2) is 24.0. The molecule has 276 valence electrons. The molecule has 5 aromatic carbocycles. The summed E-state index contributed by atoms with van der Waals surface area (Å²) in [6, 6.07) is 40.3. The average Bonchev–Trinajstić information content (AvgIpc) is 3.09. The number of rotatable bonds is 5. The molecular formula is C49H66Cl2. The van der Waals surface area contributed by atoms with E-state index in [1.807, 2.05) is 32.0 Å². The molecule has 0 saturated heterocycles. The largest absolute Gasteiger partial charge is 0.0841 e. The Morgan fingerprint density at radius 3 is 1.14 bits per heavy atom. The third kappa shape index (κ3) is 18.7. The zero-order valence-electron chi connectivity index (χ0n) is 34.1. The maximum absolute atomic E-state index is 5.96. The van der Waals surface area contributed by atoms with Crippen LogP contribution in [0.3, 0.4) is 0 Å². The first kappa shape index (κ1) is 45.7. The Balaban J connectivity index is 0.000000319. The third-order valence-electron chi connectivity index (χ3n) is 8.63. The van der Waals surface area contributed by atoms with Gasteiger partial charge < -0.3 is 0 Å². The molecule has 5 rings (SSSR count). The molecule has 0 aromatic heterocycles. The standard InChI is InChI=1S/2C10H13Cl.2C10H14.C9H12/c1-7(2)9-4-5-10(11)8(3)6-9;1-7(2)9-5-4-8(3)10(11)6-9;1-8(2)10-6-4-9(3)5-7-10;1-8(2)10-6-4-5-9(3)7-10;1-8(2)9-6-4-3-5-7-9/h2*4-7H,1-3H3;2*4-8H,1-3H3;3-8H,1-2H3. The van der Waals surface area contributed by atoms with Crippen LogP contribution in [-0.2, 0) is 0 Å². The van der Waals surface area contributed by atoms with E-state index in [9.17, 15) is 0 Å². The van der Waals surface area contributed by atoms with Gasteiger partial charge in [-0.05, 0) is 108 Å². The zero-order chi connectivity index (χ0) is 38.7. The number of benzene rings is 5. The predicted molar refractivity (Wildman–Crippen MR) is 232 cm³/mol. The van der Waals surface area contributed by atoms with Crippen molar-refractivity contribution in [1.29, 1.82) is 0 Å². The fourth-order valence-corrected chi connectivity index (χ4v) is 5.12. The quantitative estimate of drug-likeness (QED) is 0.169. The molecule has 5 aromatic rings. The molecule has 0 fully saturated rings. The fraction of sp³-hybridized carbons (Fsp3) is 0.388. The molecule has 51 heavy (non-hydrogen) atoms. The molecule has 0 bridgehead atoms. The van der Waals surface area contributed by atoms with Gasteiger partial charge in [-0.3, -0.25) is 0 Å². The Hall–Kier alpha value is -3.32. The molecule has 0 nitrogen and oxygen atoms in total. The minimum Gasteiger partial charge on any atom is -0.0841 e. The predicted octanol–water partition coefficient (Wildman–Crippen LogP) is 16.6. The van der Waals surface area contributed by atoms with Gasteiger partial charge in [0.05, 0.1) is 0 Å². The lowest BCUT2D eigenvalue weighted by Crippen LogP contribution is -1.87. The third-order valence-corrected chi connectivity index (χ3v) is 9.46. The first-order valence-corrected chi connectivity index (χ1v) is 19.4. The minimum atomic E-state index is 0.563. The number of hydrogen-bond acceptors (Lipinski definition) is 0. The summed E-state index contributed by atoms with van der Waals surface area (Å²) in [5.41, 5.74) is 11.9. The molecule has 0 aliphatic rings. The average molecular weight is 726 g/mol. The van der Waals surface area contributed by atoms with Gasteiger partial charge in [-0.15, -0.1) is 0 Å². The van der Waals surface area contributed by atoms with E-state index in [0.717, 1.165) is 21.2 Å². The highest BCUT2D eigenvalue weighted by atomic mass is 35.5. The number of halogens is 2. The van der Waals surface area contributed by atoms with Crippen LogP contribution in [0.1, 0.15) is 149 Å². The Bertz CT molecular complexity index is 1600. The van der Waals surface area contributed by atoms with Crippen molar-refractivity contribution in [3.8, 4) is 0 Å². The van der Waals surface area contributed by atoms with E-state index in [2.05, 4.69) is 180 Å². The van der Waals surface area contributed by atoms with E-state index in [4.69, 9.17) is 23.2 Å². The van der Waals surface area contributed by atoms with Crippen LogP contribution in [-0.4, -0.2) is 0 Å². The van der Waals surface area contributed by atoms with Gasteiger partial charge >= 0.3 is 0 Å². The van der Waals surface area contributed by atoms with Crippen LogP contribution in [0.15, 0.2) is 115 Å². The van der Waals surface area contributed by atoms with Crippen molar-refractivity contribution < 1.29 is 0 Å². The lowest BCUT2D eigenvalue weighted by molar-refractivity contribution is 0.865. The monoisotopic (exact) mass is 724 g/mol. The van der Waals surface area contributed by atoms with Crippen molar-refractivity contribution in [2.75, 3.05) is 0 Å². The second-order valence-electron chi connectivity index (χ2n) is 15.0. The van der Waals surface area contributed by atoms with Gasteiger partial charge in [0.2, 0.25) is 0 Å². The van der Waals surface area contributed by atoms with Gasteiger partial charge in [-0.25, -0.2) is 0 Å². The van der Waals surface area contributed by atoms with Gasteiger partial charge in [0.1, 0.15) is 0 Å². The topological polar surface area (TPSA) is 0 Å². The van der Waals surface area contributed by atoms with E-state index in [0.29, 0.717) is 29.6 Å². The molecule has 0 saturated carbocycles. The summed E-state index contributed by atoms with van der Waals surface area (Å²) >= 11 is 11.8. The van der Waals surface area contributed by atoms with Gasteiger partial charge in [0.25, 0.3) is 0 Å².